The molecule has 1 atom stereocenters. The van der Waals surface area contributed by atoms with Crippen LogP contribution in [0.4, 0.5) is 0 Å². The lowest BCUT2D eigenvalue weighted by Crippen LogP contribution is -2.42. The van der Waals surface area contributed by atoms with E-state index in [9.17, 15) is 0 Å². The maximum absolute atomic E-state index is 4.12. The van der Waals surface area contributed by atoms with Gasteiger partial charge in [-0.3, -0.25) is 4.90 Å². The summed E-state index contributed by atoms with van der Waals surface area (Å²) in [6, 6.07) is 0.583. The van der Waals surface area contributed by atoms with Crippen molar-refractivity contribution in [2.75, 3.05) is 20.1 Å². The molecule has 2 heterocycles. The van der Waals surface area contributed by atoms with E-state index in [1.807, 2.05) is 13.4 Å². The average Bonchev–Trinajstić information content (AvgIpc) is 2.73. The molecule has 2 rings (SSSR count). The van der Waals surface area contributed by atoms with Crippen LogP contribution < -0.4 is 5.32 Å². The van der Waals surface area contributed by atoms with E-state index in [0.29, 0.717) is 6.04 Å². The van der Waals surface area contributed by atoms with Crippen LogP contribution in [0.1, 0.15) is 19.2 Å². The highest BCUT2D eigenvalue weighted by Gasteiger charge is 2.19. The molecule has 0 aromatic carbocycles. The third-order valence-electron chi connectivity index (χ3n) is 3.10. The summed E-state index contributed by atoms with van der Waals surface area (Å²) in [6.07, 6.45) is 2.99. The third-order valence-corrected chi connectivity index (χ3v) is 3.10. The second-order valence-electron chi connectivity index (χ2n) is 4.07. The Morgan fingerprint density at radius 1 is 1.53 bits per heavy atom. The molecule has 0 saturated carbocycles. The number of fused-ring (bicyclic) bond motifs is 1. The molecule has 1 aromatic rings. The van der Waals surface area contributed by atoms with Crippen molar-refractivity contribution in [3.8, 4) is 0 Å². The quantitative estimate of drug-likeness (QED) is 0.763. The van der Waals surface area contributed by atoms with Crippen molar-refractivity contribution in [3.63, 3.8) is 0 Å². The molecule has 0 saturated heterocycles. The fourth-order valence-electron chi connectivity index (χ4n) is 2.01. The molecular formula is C10H19N5. The van der Waals surface area contributed by atoms with Crippen molar-refractivity contribution in [2.24, 2.45) is 0 Å². The summed E-state index contributed by atoms with van der Waals surface area (Å²) >= 11 is 0. The molecule has 5 heteroatoms. The lowest BCUT2D eigenvalue weighted by atomic mass is 10.2. The summed E-state index contributed by atoms with van der Waals surface area (Å²) in [5, 5.41) is 11.4. The van der Waals surface area contributed by atoms with Gasteiger partial charge >= 0.3 is 0 Å². The summed E-state index contributed by atoms with van der Waals surface area (Å²) in [5.41, 5.74) is 0. The van der Waals surface area contributed by atoms with E-state index in [2.05, 4.69) is 31.9 Å². The fraction of sp³-hybridized carbons (Fsp3) is 0.800. The Kier molecular flexibility index (Phi) is 3.33. The maximum atomic E-state index is 4.12. The molecule has 1 unspecified atom stereocenters. The molecule has 1 N–H and O–H groups in total. The number of nitrogens with one attached hydrogen (secondary N) is 1. The highest BCUT2D eigenvalue weighted by atomic mass is 15.3. The van der Waals surface area contributed by atoms with Crippen LogP contribution in [0.3, 0.4) is 0 Å². The highest BCUT2D eigenvalue weighted by molar-refractivity contribution is 4.90. The van der Waals surface area contributed by atoms with Gasteiger partial charge in [0.15, 0.2) is 0 Å². The van der Waals surface area contributed by atoms with Gasteiger partial charge in [-0.2, -0.15) is 0 Å². The minimum absolute atomic E-state index is 0.583. The molecule has 0 spiro atoms. The largest absolute Gasteiger partial charge is 0.316 e. The van der Waals surface area contributed by atoms with Gasteiger partial charge in [0.2, 0.25) is 0 Å². The molecule has 1 aliphatic rings. The molecule has 84 valence electrons. The van der Waals surface area contributed by atoms with Gasteiger partial charge in [-0.15, -0.1) is 10.2 Å². The number of likely N-dealkylation sites (N-methyl/N-ethyl adjacent to an activating group) is 1. The minimum Gasteiger partial charge on any atom is -0.316 e. The Morgan fingerprint density at radius 2 is 2.40 bits per heavy atom. The third kappa shape index (κ3) is 2.35. The zero-order chi connectivity index (χ0) is 10.7. The first-order chi connectivity index (χ1) is 7.33. The van der Waals surface area contributed by atoms with Crippen LogP contribution in [0.25, 0.3) is 0 Å². The van der Waals surface area contributed by atoms with Crippen molar-refractivity contribution in [1.29, 1.82) is 0 Å². The van der Waals surface area contributed by atoms with Crippen molar-refractivity contribution in [2.45, 2.75) is 32.5 Å². The zero-order valence-corrected chi connectivity index (χ0v) is 9.48. The number of nitrogens with zero attached hydrogens (tertiary/aromatic N) is 4. The number of rotatable bonds is 4. The molecule has 0 aliphatic carbocycles. The monoisotopic (exact) mass is 209 g/mol. The van der Waals surface area contributed by atoms with Gasteiger partial charge in [0, 0.05) is 25.7 Å². The Hall–Kier alpha value is -0.940. The van der Waals surface area contributed by atoms with Crippen LogP contribution in [0.15, 0.2) is 6.33 Å². The first kappa shape index (κ1) is 10.6. The fourth-order valence-corrected chi connectivity index (χ4v) is 2.01. The van der Waals surface area contributed by atoms with Crippen LogP contribution in [-0.2, 0) is 13.1 Å². The first-order valence-corrected chi connectivity index (χ1v) is 5.59. The lowest BCUT2D eigenvalue weighted by Gasteiger charge is -2.29. The zero-order valence-electron chi connectivity index (χ0n) is 9.48. The molecule has 1 aromatic heterocycles. The van der Waals surface area contributed by atoms with Gasteiger partial charge in [-0.25, -0.2) is 0 Å². The highest BCUT2D eigenvalue weighted by Crippen LogP contribution is 2.09. The molecule has 1 aliphatic heterocycles. The normalized spacial score (nSPS) is 18.8. The van der Waals surface area contributed by atoms with Gasteiger partial charge in [0.25, 0.3) is 0 Å². The molecule has 0 bridgehead atoms. The van der Waals surface area contributed by atoms with Crippen molar-refractivity contribution in [3.05, 3.63) is 12.2 Å². The number of aromatic nitrogens is 3. The van der Waals surface area contributed by atoms with Crippen molar-refractivity contribution in [1.82, 2.24) is 25.0 Å². The number of hydrogen-bond acceptors (Lipinski definition) is 4. The summed E-state index contributed by atoms with van der Waals surface area (Å²) < 4.78 is 2.14. The van der Waals surface area contributed by atoms with E-state index in [-0.39, 0.29) is 0 Å². The molecule has 0 amide bonds. The van der Waals surface area contributed by atoms with Crippen molar-refractivity contribution >= 4 is 0 Å². The van der Waals surface area contributed by atoms with E-state index in [0.717, 1.165) is 32.0 Å². The second kappa shape index (κ2) is 4.72. The average molecular weight is 209 g/mol. The van der Waals surface area contributed by atoms with Gasteiger partial charge in [-0.1, -0.05) is 6.92 Å². The minimum atomic E-state index is 0.583. The SMILES string of the molecule is CCC(CN1CCn2cnnc2C1)NC. The van der Waals surface area contributed by atoms with Crippen LogP contribution in [0.5, 0.6) is 0 Å². The summed E-state index contributed by atoms with van der Waals surface area (Å²) in [7, 11) is 2.03. The van der Waals surface area contributed by atoms with E-state index >= 15 is 0 Å². The predicted octanol–water partition coefficient (Wildman–Crippen LogP) is 0.0917. The van der Waals surface area contributed by atoms with Crippen LogP contribution in [-0.4, -0.2) is 45.8 Å². The smallest absolute Gasteiger partial charge is 0.147 e. The summed E-state index contributed by atoms with van der Waals surface area (Å²) in [6.45, 7) is 6.36. The van der Waals surface area contributed by atoms with E-state index in [1.54, 1.807) is 0 Å². The Labute approximate surface area is 90.5 Å². The molecule has 0 fully saturated rings. The molecule has 0 radical (unpaired) electrons. The van der Waals surface area contributed by atoms with E-state index in [1.165, 1.54) is 6.42 Å². The van der Waals surface area contributed by atoms with Gasteiger partial charge in [0.1, 0.15) is 12.2 Å². The van der Waals surface area contributed by atoms with Gasteiger partial charge in [-0.05, 0) is 13.5 Å². The molecular weight excluding hydrogens is 190 g/mol. The van der Waals surface area contributed by atoms with Crippen LogP contribution in [0.2, 0.25) is 0 Å². The Morgan fingerprint density at radius 3 is 3.13 bits per heavy atom. The first-order valence-electron chi connectivity index (χ1n) is 5.59. The lowest BCUT2D eigenvalue weighted by molar-refractivity contribution is 0.195. The molecule has 5 nitrogen and oxygen atoms in total. The Bertz CT molecular complexity index is 305. The maximum Gasteiger partial charge on any atom is 0.147 e. The second-order valence-corrected chi connectivity index (χ2v) is 4.07. The van der Waals surface area contributed by atoms with E-state index < -0.39 is 0 Å². The van der Waals surface area contributed by atoms with Crippen molar-refractivity contribution < 1.29 is 0 Å². The Balaban J connectivity index is 1.92. The van der Waals surface area contributed by atoms with Crippen LogP contribution >= 0.6 is 0 Å². The predicted molar refractivity (Wildman–Crippen MR) is 58.4 cm³/mol. The van der Waals surface area contributed by atoms with Gasteiger partial charge in [0.05, 0.1) is 6.54 Å². The standard InChI is InChI=1S/C10H19N5/c1-3-9(11-2)6-14-4-5-15-8-12-13-10(15)7-14/h8-9,11H,3-7H2,1-2H3. The summed E-state index contributed by atoms with van der Waals surface area (Å²) in [4.78, 5) is 2.44. The molecule has 15 heavy (non-hydrogen) atoms. The van der Waals surface area contributed by atoms with Gasteiger partial charge < -0.3 is 9.88 Å². The summed E-state index contributed by atoms with van der Waals surface area (Å²) in [5.74, 6) is 1.09. The van der Waals surface area contributed by atoms with E-state index in [4.69, 9.17) is 0 Å². The van der Waals surface area contributed by atoms with Crippen LogP contribution in [0, 0.1) is 0 Å². The topological polar surface area (TPSA) is 46.0 Å². The number of hydrogen-bond donors (Lipinski definition) is 1.